The summed E-state index contributed by atoms with van der Waals surface area (Å²) < 4.78 is 55.4. The minimum Gasteiger partial charge on any atom is -0.464 e. The summed E-state index contributed by atoms with van der Waals surface area (Å²) in [7, 11) is -1.28. The second-order valence-electron chi connectivity index (χ2n) is 20.3. The summed E-state index contributed by atoms with van der Waals surface area (Å²) in [6, 6.07) is 21.1. The number of ketones is 1. The van der Waals surface area contributed by atoms with Gasteiger partial charge in [-0.3, -0.25) is 34.0 Å². The maximum atomic E-state index is 13.6. The van der Waals surface area contributed by atoms with E-state index in [1.54, 1.807) is 115 Å². The van der Waals surface area contributed by atoms with E-state index >= 15 is 0 Å². The Balaban J connectivity index is 0.000000176. The molecule has 27 heteroatoms. The number of aromatic amines is 2. The summed E-state index contributed by atoms with van der Waals surface area (Å²) in [5.74, 6) is 2.24. The van der Waals surface area contributed by atoms with Crippen molar-refractivity contribution in [2.75, 3.05) is 23.0 Å². The van der Waals surface area contributed by atoms with E-state index in [-0.39, 0.29) is 67.2 Å². The highest BCUT2D eigenvalue weighted by atomic mass is 28.3. The van der Waals surface area contributed by atoms with Crippen molar-refractivity contribution in [1.29, 1.82) is 0 Å². The number of ether oxygens (including phenoxy) is 2. The van der Waals surface area contributed by atoms with Crippen LogP contribution in [-0.4, -0.2) is 119 Å². The smallest absolute Gasteiger partial charge is 0.330 e. The SMILES string of the molecule is CCC1C(=O)Cc2cnc(-n3ccnc3-c3ccc(F)cc3)nc2N1c1ccn[nH]1.CCOC(=O)C(CC)N(c1ccn(COCC[Si](C)(C)C)n1)c1nc(-n2ccnc2-c2ccc(F)cc2)ncc1[N+](=O)[O-].Fc1ccc(-c2ncc[nH]2)cc1. The lowest BCUT2D eigenvalue weighted by Crippen LogP contribution is -2.43. The predicted molar refractivity (Wildman–Crippen MR) is 312 cm³/mol. The fourth-order valence-corrected chi connectivity index (χ4v) is 9.83. The van der Waals surface area contributed by atoms with Gasteiger partial charge in [0.05, 0.1) is 23.8 Å². The molecule has 438 valence electrons. The van der Waals surface area contributed by atoms with Crippen LogP contribution in [0.4, 0.5) is 42.1 Å². The number of rotatable bonds is 19. The molecule has 10 aromatic rings. The number of H-pyrrole nitrogens is 2. The number of nitrogens with one attached hydrogen (secondary N) is 2. The molecule has 3 aromatic carbocycles. The monoisotopic (exact) mass is 1180 g/mol. The van der Waals surface area contributed by atoms with E-state index < -0.39 is 36.5 Å². The van der Waals surface area contributed by atoms with Gasteiger partial charge < -0.3 is 19.4 Å². The summed E-state index contributed by atoms with van der Waals surface area (Å²) in [5.41, 5.74) is 2.54. The highest BCUT2D eigenvalue weighted by molar-refractivity contribution is 6.76. The molecule has 2 unspecified atom stereocenters. The number of carbonyl (C=O) groups excluding carboxylic acids is 2. The Morgan fingerprint density at radius 2 is 1.39 bits per heavy atom. The number of Topliss-reactive ketones (excluding diaryl/α,β-unsaturated/α-hetero) is 1. The predicted octanol–water partition coefficient (Wildman–Crippen LogP) is 10.8. The van der Waals surface area contributed by atoms with Gasteiger partial charge in [-0.1, -0.05) is 33.5 Å². The number of esters is 1. The van der Waals surface area contributed by atoms with Gasteiger partial charge >= 0.3 is 11.7 Å². The molecule has 0 bridgehead atoms. The number of benzene rings is 3. The van der Waals surface area contributed by atoms with E-state index in [0.29, 0.717) is 47.8 Å². The molecule has 1 aliphatic rings. The number of aromatic nitrogens is 14. The fraction of sp³-hybridized carbons (Fsp3) is 0.259. The Kier molecular flexibility index (Phi) is 18.9. The number of nitrogens with zero attached hydrogens (tertiary/aromatic N) is 15. The summed E-state index contributed by atoms with van der Waals surface area (Å²) >= 11 is 0. The van der Waals surface area contributed by atoms with Crippen molar-refractivity contribution in [2.45, 2.75) is 84.5 Å². The van der Waals surface area contributed by atoms with Crippen molar-refractivity contribution >= 4 is 48.8 Å². The molecule has 0 spiro atoms. The molecule has 1 aliphatic heterocycles. The lowest BCUT2D eigenvalue weighted by molar-refractivity contribution is -0.384. The summed E-state index contributed by atoms with van der Waals surface area (Å²) in [5, 5.41) is 23.8. The highest BCUT2D eigenvalue weighted by Gasteiger charge is 2.37. The van der Waals surface area contributed by atoms with Crippen LogP contribution in [0.15, 0.2) is 147 Å². The largest absolute Gasteiger partial charge is 0.464 e. The lowest BCUT2D eigenvalue weighted by atomic mass is 9.96. The topological polar surface area (TPSA) is 265 Å². The maximum absolute atomic E-state index is 13.6. The van der Waals surface area contributed by atoms with Crippen molar-refractivity contribution in [3.05, 3.63) is 180 Å². The Labute approximate surface area is 486 Å². The first kappa shape index (κ1) is 59.6. The molecule has 0 saturated heterocycles. The zero-order valence-electron chi connectivity index (χ0n) is 47.3. The molecule has 23 nitrogen and oxygen atoms in total. The van der Waals surface area contributed by atoms with Crippen molar-refractivity contribution in [2.24, 2.45) is 0 Å². The molecular weight excluding hydrogens is 1120 g/mol. The second-order valence-corrected chi connectivity index (χ2v) is 26.0. The number of hydrogen-bond donors (Lipinski definition) is 2. The normalized spacial score (nSPS) is 13.3. The minimum atomic E-state index is -1.28. The number of fused-ring (bicyclic) bond motifs is 1. The van der Waals surface area contributed by atoms with Crippen molar-refractivity contribution < 1.29 is 37.2 Å². The Morgan fingerprint density at radius 1 is 0.776 bits per heavy atom. The molecular formula is C58H60F3N17O6Si. The van der Waals surface area contributed by atoms with E-state index in [4.69, 9.17) is 14.5 Å². The first-order valence-electron chi connectivity index (χ1n) is 27.1. The van der Waals surface area contributed by atoms with Crippen LogP contribution >= 0.6 is 0 Å². The Morgan fingerprint density at radius 3 is 1.93 bits per heavy atom. The molecule has 0 radical (unpaired) electrons. The number of anilines is 4. The van der Waals surface area contributed by atoms with Gasteiger partial charge in [-0.15, -0.1) is 0 Å². The molecule has 11 rings (SSSR count). The Bertz CT molecular complexity index is 3840. The van der Waals surface area contributed by atoms with Crippen LogP contribution in [0.5, 0.6) is 0 Å². The summed E-state index contributed by atoms with van der Waals surface area (Å²) in [6.45, 7) is 13.1. The minimum absolute atomic E-state index is 0.0512. The van der Waals surface area contributed by atoms with E-state index in [1.165, 1.54) is 52.1 Å². The van der Waals surface area contributed by atoms with Crippen LogP contribution in [0.25, 0.3) is 46.1 Å². The third-order valence-corrected chi connectivity index (χ3v) is 15.0. The average molecular weight is 1180 g/mol. The third kappa shape index (κ3) is 14.3. The van der Waals surface area contributed by atoms with E-state index in [0.717, 1.165) is 34.8 Å². The van der Waals surface area contributed by atoms with Crippen molar-refractivity contribution in [3.8, 4) is 46.1 Å². The molecule has 0 aliphatic carbocycles. The third-order valence-electron chi connectivity index (χ3n) is 13.3. The average Bonchev–Trinajstić information content (AvgIpc) is 4.21. The lowest BCUT2D eigenvalue weighted by Gasteiger charge is -2.35. The van der Waals surface area contributed by atoms with Crippen LogP contribution in [0.2, 0.25) is 25.7 Å². The van der Waals surface area contributed by atoms with Crippen LogP contribution in [0.3, 0.4) is 0 Å². The first-order valence-corrected chi connectivity index (χ1v) is 30.8. The molecule has 85 heavy (non-hydrogen) atoms. The van der Waals surface area contributed by atoms with Gasteiger partial charge in [-0.05, 0) is 98.6 Å². The van der Waals surface area contributed by atoms with Crippen molar-refractivity contribution in [1.82, 2.24) is 69.0 Å². The van der Waals surface area contributed by atoms with Crippen LogP contribution in [-0.2, 0) is 32.2 Å². The van der Waals surface area contributed by atoms with Gasteiger partial charge in [0, 0.05) is 105 Å². The number of carbonyl (C=O) groups is 2. The van der Waals surface area contributed by atoms with Gasteiger partial charge in [0.15, 0.2) is 11.6 Å². The maximum Gasteiger partial charge on any atom is 0.330 e. The summed E-state index contributed by atoms with van der Waals surface area (Å²) in [6.07, 6.45) is 17.1. The van der Waals surface area contributed by atoms with Crippen LogP contribution in [0, 0.1) is 27.6 Å². The van der Waals surface area contributed by atoms with Gasteiger partial charge in [0.1, 0.15) is 65.5 Å². The number of hydrogen-bond acceptors (Lipinski definition) is 17. The fourth-order valence-electron chi connectivity index (χ4n) is 9.07. The van der Waals surface area contributed by atoms with Crippen LogP contribution < -0.4 is 9.80 Å². The molecule has 2 N–H and O–H groups in total. The highest BCUT2D eigenvalue weighted by Crippen LogP contribution is 2.37. The number of imidazole rings is 3. The number of nitro groups is 1. The Hall–Kier alpha value is -10.0. The van der Waals surface area contributed by atoms with Crippen molar-refractivity contribution in [3.63, 3.8) is 0 Å². The molecule has 2 atom stereocenters. The van der Waals surface area contributed by atoms with E-state index in [9.17, 15) is 32.9 Å². The quantitative estimate of drug-likeness (QED) is 0.0250. The summed E-state index contributed by atoms with van der Waals surface area (Å²) in [4.78, 5) is 74.5. The van der Waals surface area contributed by atoms with Gasteiger partial charge in [0.25, 0.3) is 0 Å². The van der Waals surface area contributed by atoms with E-state index in [2.05, 4.69) is 69.8 Å². The molecule has 0 amide bonds. The molecule has 8 heterocycles. The van der Waals surface area contributed by atoms with Gasteiger partial charge in [0.2, 0.25) is 17.7 Å². The molecule has 7 aromatic heterocycles. The van der Waals surface area contributed by atoms with E-state index in [1.807, 2.05) is 17.9 Å². The second kappa shape index (κ2) is 26.9. The molecule has 0 saturated carbocycles. The zero-order chi connectivity index (χ0) is 60.2. The molecule has 0 fully saturated rings. The zero-order valence-corrected chi connectivity index (χ0v) is 48.3. The van der Waals surface area contributed by atoms with Crippen LogP contribution in [0.1, 0.15) is 39.2 Å². The van der Waals surface area contributed by atoms with Gasteiger partial charge in [-0.25, -0.2) is 47.6 Å². The number of halogens is 3. The van der Waals surface area contributed by atoms with Gasteiger partial charge in [-0.2, -0.15) is 20.2 Å². The standard InChI is InChI=1S/C28H35FN8O5Si.C21H18FN7O.C9H7FN2/c1-6-22(27(38)42-7-2)36(24-12-14-34(33-24)19-41-16-17-43(3,4)5)26-23(37(39)40)18-31-28(32-26)35-15-13-30-25(35)20-8-10-21(29)11-9-20;1-2-16-17(30)11-14-12-24-21(26-20(14)29(16)18-7-8-25-27-18)28-10-9-23-19(28)13-3-5-15(22)6-4-13;10-8-3-1-7(2-4-8)9-11-5-6-12-9/h8-15,18,22H,6-7,16-17,19H2,1-5H3;3-10,12,16H,2,11H2,1H3,(H,25,27);1-6H,(H,11,12). The first-order chi connectivity index (χ1) is 41.0.